The molecule has 7 nitrogen and oxygen atoms in total. The quantitative estimate of drug-likeness (QED) is 0.660. The third-order valence-corrected chi connectivity index (χ3v) is 5.93. The average molecular weight is 425 g/mol. The zero-order chi connectivity index (χ0) is 20.9. The summed E-state index contributed by atoms with van der Waals surface area (Å²) in [7, 11) is 0. The predicted molar refractivity (Wildman–Crippen MR) is 115 cm³/mol. The number of rotatable bonds is 6. The van der Waals surface area contributed by atoms with E-state index in [1.165, 1.54) is 0 Å². The Balaban J connectivity index is 1.53. The third kappa shape index (κ3) is 4.60. The molecule has 0 saturated carbocycles. The van der Waals surface area contributed by atoms with Crippen molar-refractivity contribution in [1.29, 1.82) is 0 Å². The lowest BCUT2D eigenvalue weighted by Crippen LogP contribution is -2.41. The van der Waals surface area contributed by atoms with Gasteiger partial charge in [0.15, 0.2) is 5.69 Å². The van der Waals surface area contributed by atoms with Crippen molar-refractivity contribution in [3.8, 4) is 10.6 Å². The minimum Gasteiger partial charge on any atom is -0.378 e. The van der Waals surface area contributed by atoms with E-state index in [9.17, 15) is 9.59 Å². The number of nitrogens with one attached hydrogen (secondary N) is 1. The molecule has 2 amide bonds. The van der Waals surface area contributed by atoms with Gasteiger partial charge in [-0.2, -0.15) is 5.10 Å². The normalized spacial score (nSPS) is 15.0. The number of hydrogen-bond acceptors (Lipinski definition) is 5. The second-order valence-corrected chi connectivity index (χ2v) is 8.10. The molecule has 1 aliphatic heterocycles. The van der Waals surface area contributed by atoms with Crippen LogP contribution in [0.3, 0.4) is 0 Å². The topological polar surface area (TPSA) is 76.5 Å². The Kier molecular flexibility index (Phi) is 6.25. The molecule has 156 valence electrons. The minimum absolute atomic E-state index is 0.0425. The number of morpholine rings is 1. The highest BCUT2D eigenvalue weighted by molar-refractivity contribution is 7.13. The van der Waals surface area contributed by atoms with Crippen molar-refractivity contribution in [3.63, 3.8) is 0 Å². The Morgan fingerprint density at radius 1 is 1.17 bits per heavy atom. The van der Waals surface area contributed by atoms with Gasteiger partial charge in [0, 0.05) is 13.1 Å². The van der Waals surface area contributed by atoms with Crippen LogP contribution in [-0.2, 0) is 16.1 Å². The first kappa shape index (κ1) is 20.3. The zero-order valence-electron chi connectivity index (χ0n) is 16.8. The summed E-state index contributed by atoms with van der Waals surface area (Å²) >= 11 is 1.55. The summed E-state index contributed by atoms with van der Waals surface area (Å²) in [6.45, 7) is 4.16. The van der Waals surface area contributed by atoms with Crippen molar-refractivity contribution in [2.24, 2.45) is 0 Å². The smallest absolute Gasteiger partial charge is 0.274 e. The highest BCUT2D eigenvalue weighted by Crippen LogP contribution is 2.26. The molecule has 1 aromatic carbocycles. The van der Waals surface area contributed by atoms with Gasteiger partial charge in [-0.25, -0.2) is 0 Å². The van der Waals surface area contributed by atoms with Crippen molar-refractivity contribution in [2.45, 2.75) is 19.5 Å². The van der Waals surface area contributed by atoms with Crippen molar-refractivity contribution in [2.75, 3.05) is 26.3 Å². The summed E-state index contributed by atoms with van der Waals surface area (Å²) in [4.78, 5) is 28.3. The molecule has 30 heavy (non-hydrogen) atoms. The van der Waals surface area contributed by atoms with E-state index in [-0.39, 0.29) is 24.4 Å². The first-order valence-electron chi connectivity index (χ1n) is 9.95. The maximum absolute atomic E-state index is 12.9. The van der Waals surface area contributed by atoms with Crippen LogP contribution in [0.15, 0.2) is 53.9 Å². The van der Waals surface area contributed by atoms with Crippen LogP contribution in [0.4, 0.5) is 0 Å². The van der Waals surface area contributed by atoms with Crippen LogP contribution in [0.1, 0.15) is 29.0 Å². The van der Waals surface area contributed by atoms with Gasteiger partial charge in [-0.05, 0) is 30.0 Å². The van der Waals surface area contributed by atoms with E-state index in [0.717, 1.165) is 16.1 Å². The maximum Gasteiger partial charge on any atom is 0.274 e. The summed E-state index contributed by atoms with van der Waals surface area (Å²) in [5.74, 6) is -0.287. The molecule has 1 unspecified atom stereocenters. The van der Waals surface area contributed by atoms with Gasteiger partial charge in [0.2, 0.25) is 5.91 Å². The fourth-order valence-corrected chi connectivity index (χ4v) is 4.19. The lowest BCUT2D eigenvalue weighted by molar-refractivity contribution is -0.122. The number of benzene rings is 1. The number of carbonyl (C=O) groups excluding carboxylic acids is 2. The van der Waals surface area contributed by atoms with E-state index in [4.69, 9.17) is 4.74 Å². The number of thiophene rings is 1. The van der Waals surface area contributed by atoms with Gasteiger partial charge in [-0.3, -0.25) is 14.3 Å². The monoisotopic (exact) mass is 424 g/mol. The Hall–Kier alpha value is -2.97. The van der Waals surface area contributed by atoms with Crippen molar-refractivity contribution in [1.82, 2.24) is 20.0 Å². The molecule has 0 radical (unpaired) electrons. The number of hydrogen-bond donors (Lipinski definition) is 1. The Bertz CT molecular complexity index is 995. The Morgan fingerprint density at radius 3 is 2.63 bits per heavy atom. The molecule has 1 N–H and O–H groups in total. The van der Waals surface area contributed by atoms with Crippen molar-refractivity contribution >= 4 is 23.2 Å². The highest BCUT2D eigenvalue weighted by atomic mass is 32.1. The molecule has 1 aliphatic rings. The molecule has 0 aliphatic carbocycles. The van der Waals surface area contributed by atoms with E-state index >= 15 is 0 Å². The lowest BCUT2D eigenvalue weighted by atomic mass is 10.1. The SMILES string of the molecule is CC(NC(=O)Cn1nc(C(=O)N2CCOCC2)cc1-c1cccs1)c1ccccc1. The molecule has 3 aromatic rings. The highest BCUT2D eigenvalue weighted by Gasteiger charge is 2.24. The zero-order valence-corrected chi connectivity index (χ0v) is 17.6. The van der Waals surface area contributed by atoms with Gasteiger partial charge >= 0.3 is 0 Å². The summed E-state index contributed by atoms with van der Waals surface area (Å²) in [6, 6.07) is 15.4. The van der Waals surface area contributed by atoms with Gasteiger partial charge in [-0.1, -0.05) is 36.4 Å². The molecule has 1 fully saturated rings. The molecule has 1 atom stereocenters. The van der Waals surface area contributed by atoms with E-state index < -0.39 is 0 Å². The maximum atomic E-state index is 12.9. The van der Waals surface area contributed by atoms with Crippen LogP contribution in [0, 0.1) is 0 Å². The number of ether oxygens (including phenoxy) is 1. The van der Waals surface area contributed by atoms with E-state index in [0.29, 0.717) is 32.0 Å². The van der Waals surface area contributed by atoms with Gasteiger partial charge in [-0.15, -0.1) is 11.3 Å². The number of amides is 2. The van der Waals surface area contributed by atoms with Crippen molar-refractivity contribution < 1.29 is 14.3 Å². The summed E-state index contributed by atoms with van der Waals surface area (Å²) in [6.07, 6.45) is 0. The van der Waals surface area contributed by atoms with Gasteiger partial charge in [0.05, 0.1) is 29.8 Å². The second-order valence-electron chi connectivity index (χ2n) is 7.15. The van der Waals surface area contributed by atoms with Crippen LogP contribution in [0.2, 0.25) is 0 Å². The molecule has 3 heterocycles. The first-order valence-corrected chi connectivity index (χ1v) is 10.8. The van der Waals surface area contributed by atoms with E-state index in [2.05, 4.69) is 10.4 Å². The molecule has 2 aromatic heterocycles. The van der Waals surface area contributed by atoms with Crippen molar-refractivity contribution in [3.05, 3.63) is 65.2 Å². The molecule has 0 spiro atoms. The van der Waals surface area contributed by atoms with Gasteiger partial charge < -0.3 is 15.0 Å². The van der Waals surface area contributed by atoms with Crippen LogP contribution in [0.5, 0.6) is 0 Å². The van der Waals surface area contributed by atoms with E-state index in [1.54, 1.807) is 27.0 Å². The second kappa shape index (κ2) is 9.23. The molecular formula is C22H24N4O3S. The third-order valence-electron chi connectivity index (χ3n) is 5.04. The number of nitrogens with zero attached hydrogens (tertiary/aromatic N) is 3. The lowest BCUT2D eigenvalue weighted by Gasteiger charge is -2.25. The van der Waals surface area contributed by atoms with Gasteiger partial charge in [0.1, 0.15) is 6.54 Å². The van der Waals surface area contributed by atoms with Gasteiger partial charge in [0.25, 0.3) is 5.91 Å². The summed E-state index contributed by atoms with van der Waals surface area (Å²) in [5.41, 5.74) is 2.15. The first-order chi connectivity index (χ1) is 14.6. The van der Waals surface area contributed by atoms with Crippen LogP contribution in [-0.4, -0.2) is 52.8 Å². The van der Waals surface area contributed by atoms with Crippen LogP contribution >= 0.6 is 11.3 Å². The Labute approximate surface area is 179 Å². The predicted octanol–water partition coefficient (Wildman–Crippen LogP) is 2.96. The molecular weight excluding hydrogens is 400 g/mol. The Morgan fingerprint density at radius 2 is 1.93 bits per heavy atom. The fraction of sp³-hybridized carbons (Fsp3) is 0.318. The summed E-state index contributed by atoms with van der Waals surface area (Å²) < 4.78 is 6.95. The standard InChI is InChI=1S/C22H24N4O3S/c1-16(17-6-3-2-4-7-17)23-21(27)15-26-19(20-8-5-13-30-20)14-18(24-26)22(28)25-9-11-29-12-10-25/h2-8,13-14,16H,9-12,15H2,1H3,(H,23,27). The summed E-state index contributed by atoms with van der Waals surface area (Å²) in [5, 5.41) is 9.47. The molecule has 8 heteroatoms. The molecule has 0 bridgehead atoms. The van der Waals surface area contributed by atoms with E-state index in [1.807, 2.05) is 54.8 Å². The largest absolute Gasteiger partial charge is 0.378 e. The van der Waals surface area contributed by atoms with Crippen LogP contribution < -0.4 is 5.32 Å². The molecule has 4 rings (SSSR count). The average Bonchev–Trinajstić information content (AvgIpc) is 3.44. The van der Waals surface area contributed by atoms with Crippen LogP contribution in [0.25, 0.3) is 10.6 Å². The number of aromatic nitrogens is 2. The molecule has 1 saturated heterocycles. The number of carbonyl (C=O) groups is 2. The fourth-order valence-electron chi connectivity index (χ4n) is 3.44. The minimum atomic E-state index is -0.155.